The van der Waals surface area contributed by atoms with Crippen LogP contribution in [0.4, 0.5) is 0 Å². The lowest BCUT2D eigenvalue weighted by atomic mass is 10.0. The first-order valence-electron chi connectivity index (χ1n) is 4.82. The van der Waals surface area contributed by atoms with Gasteiger partial charge in [-0.1, -0.05) is 12.2 Å². The Kier molecular flexibility index (Phi) is 2.66. The largest absolute Gasteiger partial charge is 0.300 e. The van der Waals surface area contributed by atoms with Crippen LogP contribution in [0.5, 0.6) is 0 Å². The molecule has 0 aromatic rings. The first kappa shape index (κ1) is 10.2. The van der Waals surface area contributed by atoms with Crippen molar-refractivity contribution in [2.75, 3.05) is 5.75 Å². The third-order valence-electron chi connectivity index (χ3n) is 2.57. The Morgan fingerprint density at radius 3 is 3.00 bits per heavy atom. The van der Waals surface area contributed by atoms with E-state index in [1.165, 1.54) is 4.91 Å². The molecule has 0 spiro atoms. The first-order valence-corrected chi connectivity index (χ1v) is 6.22. The van der Waals surface area contributed by atoms with E-state index in [1.54, 1.807) is 22.7 Å². The topological polar surface area (TPSA) is 20.3 Å². The molecule has 1 saturated heterocycles. The van der Waals surface area contributed by atoms with E-state index in [-0.39, 0.29) is 11.9 Å². The Morgan fingerprint density at radius 1 is 1.64 bits per heavy atom. The number of amides is 1. The molecule has 14 heavy (non-hydrogen) atoms. The Bertz CT molecular complexity index is 322. The number of nitrogens with zero attached hydrogens (tertiary/aromatic N) is 1. The minimum absolute atomic E-state index is 0.0608. The van der Waals surface area contributed by atoms with Crippen LogP contribution in [0, 0.1) is 5.92 Å². The number of thiocarbonyl (C=S) groups is 1. The molecule has 0 aromatic carbocycles. The van der Waals surface area contributed by atoms with Crippen LogP contribution in [0.25, 0.3) is 0 Å². The molecule has 0 aromatic heterocycles. The van der Waals surface area contributed by atoms with Crippen molar-refractivity contribution < 1.29 is 4.79 Å². The van der Waals surface area contributed by atoms with Crippen molar-refractivity contribution in [3.63, 3.8) is 0 Å². The van der Waals surface area contributed by atoms with Gasteiger partial charge in [-0.05, 0) is 26.0 Å². The third kappa shape index (κ3) is 1.50. The summed E-state index contributed by atoms with van der Waals surface area (Å²) in [5.41, 5.74) is 0. The van der Waals surface area contributed by atoms with E-state index < -0.39 is 0 Å². The van der Waals surface area contributed by atoms with Crippen molar-refractivity contribution in [3.8, 4) is 0 Å². The van der Waals surface area contributed by atoms with Crippen LogP contribution in [-0.4, -0.2) is 27.6 Å². The van der Waals surface area contributed by atoms with Gasteiger partial charge in [0.15, 0.2) is 0 Å². The fraction of sp³-hybridized carbons (Fsp3) is 0.600. The average Bonchev–Trinajstić information content (AvgIpc) is 2.50. The van der Waals surface area contributed by atoms with Crippen LogP contribution in [0.2, 0.25) is 0 Å². The summed E-state index contributed by atoms with van der Waals surface area (Å²) >= 11 is 7.14. The quantitative estimate of drug-likeness (QED) is 0.641. The van der Waals surface area contributed by atoms with Gasteiger partial charge in [-0.15, -0.1) is 11.8 Å². The van der Waals surface area contributed by atoms with E-state index in [0.717, 1.165) is 17.2 Å². The first-order chi connectivity index (χ1) is 6.61. The molecule has 1 atom stereocenters. The number of rotatable bonds is 1. The van der Waals surface area contributed by atoms with E-state index in [2.05, 4.69) is 0 Å². The molecule has 0 N–H and O–H groups in total. The van der Waals surface area contributed by atoms with Gasteiger partial charge in [0, 0.05) is 22.9 Å². The van der Waals surface area contributed by atoms with Crippen molar-refractivity contribution >= 4 is 34.9 Å². The maximum Gasteiger partial charge on any atom is 0.252 e. The van der Waals surface area contributed by atoms with Gasteiger partial charge in [-0.25, -0.2) is 0 Å². The Hall–Kier alpha value is -0.350. The smallest absolute Gasteiger partial charge is 0.252 e. The number of carbonyl (C=O) groups excluding carboxylic acids is 1. The summed E-state index contributed by atoms with van der Waals surface area (Å²) in [6.07, 6.45) is 2.85. The fourth-order valence-corrected chi connectivity index (χ4v) is 3.73. The lowest BCUT2D eigenvalue weighted by Crippen LogP contribution is -2.45. The zero-order chi connectivity index (χ0) is 10.3. The number of carbonyl (C=O) groups is 1. The van der Waals surface area contributed by atoms with E-state index in [1.807, 2.05) is 13.8 Å². The number of hydrogen-bond acceptors (Lipinski definition) is 3. The van der Waals surface area contributed by atoms with Crippen molar-refractivity contribution in [1.82, 2.24) is 4.90 Å². The van der Waals surface area contributed by atoms with Crippen molar-refractivity contribution in [2.45, 2.75) is 26.3 Å². The van der Waals surface area contributed by atoms with Crippen molar-refractivity contribution in [3.05, 3.63) is 11.0 Å². The molecule has 2 aliphatic rings. The molecule has 0 bridgehead atoms. The highest BCUT2D eigenvalue weighted by molar-refractivity contribution is 8.03. The van der Waals surface area contributed by atoms with Gasteiger partial charge in [0.05, 0.1) is 4.99 Å². The lowest BCUT2D eigenvalue weighted by molar-refractivity contribution is -0.123. The molecular formula is C10H13NOS2. The summed E-state index contributed by atoms with van der Waals surface area (Å²) in [4.78, 5) is 15.5. The minimum Gasteiger partial charge on any atom is -0.300 e. The van der Waals surface area contributed by atoms with Gasteiger partial charge in [0.25, 0.3) is 5.91 Å². The molecular weight excluding hydrogens is 214 g/mol. The summed E-state index contributed by atoms with van der Waals surface area (Å²) in [6.45, 7) is 4.01. The highest BCUT2D eigenvalue weighted by Gasteiger charge is 2.36. The molecule has 2 aliphatic heterocycles. The summed E-state index contributed by atoms with van der Waals surface area (Å²) in [5.74, 6) is 1.50. The van der Waals surface area contributed by atoms with Crippen LogP contribution < -0.4 is 0 Å². The van der Waals surface area contributed by atoms with Gasteiger partial charge >= 0.3 is 0 Å². The monoisotopic (exact) mass is 227 g/mol. The van der Waals surface area contributed by atoms with E-state index in [4.69, 9.17) is 12.2 Å². The Balaban J connectivity index is 2.34. The van der Waals surface area contributed by atoms with Gasteiger partial charge in [0.2, 0.25) is 0 Å². The second kappa shape index (κ2) is 3.66. The van der Waals surface area contributed by atoms with E-state index in [0.29, 0.717) is 5.92 Å². The second-order valence-corrected chi connectivity index (χ2v) is 5.46. The molecule has 0 aliphatic carbocycles. The summed E-state index contributed by atoms with van der Waals surface area (Å²) in [7, 11) is 0. The summed E-state index contributed by atoms with van der Waals surface area (Å²) < 4.78 is 0. The molecule has 2 heterocycles. The highest BCUT2D eigenvalue weighted by Crippen LogP contribution is 2.40. The van der Waals surface area contributed by atoms with Crippen molar-refractivity contribution in [2.24, 2.45) is 5.92 Å². The lowest BCUT2D eigenvalue weighted by Gasteiger charge is -2.33. The minimum atomic E-state index is 0.0608. The normalized spacial score (nSPS) is 26.9. The molecule has 4 heteroatoms. The van der Waals surface area contributed by atoms with E-state index >= 15 is 0 Å². The maximum atomic E-state index is 11.7. The predicted octanol–water partition coefficient (Wildman–Crippen LogP) is 2.20. The van der Waals surface area contributed by atoms with Crippen LogP contribution in [0.1, 0.15) is 20.3 Å². The van der Waals surface area contributed by atoms with Crippen LogP contribution >= 0.6 is 24.0 Å². The maximum absolute atomic E-state index is 11.7. The Morgan fingerprint density at radius 2 is 2.36 bits per heavy atom. The van der Waals surface area contributed by atoms with Crippen molar-refractivity contribution in [1.29, 1.82) is 0 Å². The SMILES string of the molecule is CC(C)N1C(=O)C=C2SCCC2C1=S. The molecule has 1 fully saturated rings. The van der Waals surface area contributed by atoms with Crippen LogP contribution in [-0.2, 0) is 4.79 Å². The fourth-order valence-electron chi connectivity index (χ4n) is 1.90. The van der Waals surface area contributed by atoms with Gasteiger partial charge < -0.3 is 0 Å². The third-order valence-corrected chi connectivity index (χ3v) is 4.23. The van der Waals surface area contributed by atoms with Gasteiger partial charge in [-0.3, -0.25) is 9.69 Å². The van der Waals surface area contributed by atoms with Gasteiger partial charge in [-0.2, -0.15) is 0 Å². The van der Waals surface area contributed by atoms with Gasteiger partial charge in [0.1, 0.15) is 0 Å². The molecule has 0 saturated carbocycles. The summed E-state index contributed by atoms with van der Waals surface area (Å²) in [6, 6.07) is 0.179. The Labute approximate surface area is 93.7 Å². The van der Waals surface area contributed by atoms with Crippen LogP contribution in [0.3, 0.4) is 0 Å². The standard InChI is InChI=1S/C10H13NOS2/c1-6(2)11-9(12)5-8-7(10(11)13)3-4-14-8/h5-7H,3-4H2,1-2H3. The summed E-state index contributed by atoms with van der Waals surface area (Å²) in [5, 5.41) is 0. The zero-order valence-electron chi connectivity index (χ0n) is 8.32. The number of fused-ring (bicyclic) bond motifs is 1. The molecule has 76 valence electrons. The van der Waals surface area contributed by atoms with E-state index in [9.17, 15) is 4.79 Å². The number of hydrogen-bond donors (Lipinski definition) is 0. The van der Waals surface area contributed by atoms with Crippen LogP contribution in [0.15, 0.2) is 11.0 Å². The molecule has 1 unspecified atom stereocenters. The average molecular weight is 227 g/mol. The zero-order valence-corrected chi connectivity index (χ0v) is 9.95. The predicted molar refractivity (Wildman–Crippen MR) is 63.2 cm³/mol. The molecule has 0 radical (unpaired) electrons. The number of thioether (sulfide) groups is 1. The molecule has 2 rings (SSSR count). The molecule has 1 amide bonds. The highest BCUT2D eigenvalue weighted by atomic mass is 32.2. The molecule has 2 nitrogen and oxygen atoms in total. The second-order valence-electron chi connectivity index (χ2n) is 3.88.